The maximum Gasteiger partial charge on any atom is 0.159 e. The Bertz CT molecular complexity index is 1090. The van der Waals surface area contributed by atoms with Gasteiger partial charge < -0.3 is 10.1 Å². The lowest BCUT2D eigenvalue weighted by molar-refractivity contribution is 0.0558. The first-order valence-electron chi connectivity index (χ1n) is 12.7. The van der Waals surface area contributed by atoms with Gasteiger partial charge in [-0.3, -0.25) is 4.90 Å². The summed E-state index contributed by atoms with van der Waals surface area (Å²) >= 11 is 6.07. The van der Waals surface area contributed by atoms with Crippen LogP contribution in [0.1, 0.15) is 61.0 Å². The van der Waals surface area contributed by atoms with Crippen molar-refractivity contribution in [3.05, 3.63) is 64.1 Å². The molecule has 0 radical (unpaired) electrons. The number of fused-ring (bicyclic) bond motifs is 1. The van der Waals surface area contributed by atoms with E-state index < -0.39 is 0 Å². The number of likely N-dealkylation sites (tertiary alicyclic amines) is 1. The number of rotatable bonds is 7. The highest BCUT2D eigenvalue weighted by Crippen LogP contribution is 2.29. The fourth-order valence-electron chi connectivity index (χ4n) is 5.56. The molecule has 0 saturated carbocycles. The third-order valence-electron chi connectivity index (χ3n) is 7.66. The highest BCUT2D eigenvalue weighted by atomic mass is 35.5. The van der Waals surface area contributed by atoms with Gasteiger partial charge in [0, 0.05) is 61.6 Å². The molecule has 6 nitrogen and oxygen atoms in total. The zero-order valence-electron chi connectivity index (χ0n) is 20.3. The molecule has 5 rings (SSSR count). The molecule has 3 aromatic rings. The van der Waals surface area contributed by atoms with Gasteiger partial charge in [-0.05, 0) is 75.8 Å². The Labute approximate surface area is 207 Å². The van der Waals surface area contributed by atoms with Gasteiger partial charge in [-0.2, -0.15) is 5.10 Å². The summed E-state index contributed by atoms with van der Waals surface area (Å²) in [5.41, 5.74) is 5.87. The van der Waals surface area contributed by atoms with Crippen molar-refractivity contribution in [2.24, 2.45) is 5.92 Å². The number of benzene rings is 1. The molecule has 0 spiro atoms. The molecule has 34 heavy (non-hydrogen) atoms. The summed E-state index contributed by atoms with van der Waals surface area (Å²) in [6.45, 7) is 10.1. The van der Waals surface area contributed by atoms with E-state index in [4.69, 9.17) is 26.4 Å². The summed E-state index contributed by atoms with van der Waals surface area (Å²) in [6, 6.07) is 10.9. The van der Waals surface area contributed by atoms with Crippen molar-refractivity contribution in [3.63, 3.8) is 0 Å². The van der Waals surface area contributed by atoms with Crippen molar-refractivity contribution in [2.45, 2.75) is 64.6 Å². The first-order valence-corrected chi connectivity index (χ1v) is 13.1. The van der Waals surface area contributed by atoms with E-state index in [1.165, 1.54) is 29.7 Å². The van der Waals surface area contributed by atoms with Gasteiger partial charge >= 0.3 is 0 Å². The number of aromatic nitrogens is 3. The minimum Gasteiger partial charge on any atom is -0.381 e. The smallest absolute Gasteiger partial charge is 0.159 e. The number of nitrogens with zero attached hydrogens (tertiary/aromatic N) is 4. The Balaban J connectivity index is 1.30. The minimum atomic E-state index is 0.452. The zero-order chi connectivity index (χ0) is 23.5. The van der Waals surface area contributed by atoms with Crippen molar-refractivity contribution in [1.82, 2.24) is 24.8 Å². The Hall–Kier alpha value is -1.99. The van der Waals surface area contributed by atoms with Gasteiger partial charge in [-0.1, -0.05) is 23.7 Å². The summed E-state index contributed by atoms with van der Waals surface area (Å²) in [7, 11) is 0. The van der Waals surface area contributed by atoms with Crippen LogP contribution >= 0.6 is 11.6 Å². The van der Waals surface area contributed by atoms with E-state index in [0.29, 0.717) is 17.9 Å². The largest absolute Gasteiger partial charge is 0.381 e. The maximum atomic E-state index is 6.07. The molecule has 0 amide bonds. The summed E-state index contributed by atoms with van der Waals surface area (Å²) < 4.78 is 7.65. The van der Waals surface area contributed by atoms with E-state index >= 15 is 0 Å². The van der Waals surface area contributed by atoms with Gasteiger partial charge in [0.05, 0.1) is 11.4 Å². The Morgan fingerprint density at radius 3 is 2.74 bits per heavy atom. The van der Waals surface area contributed by atoms with Crippen LogP contribution in [0.25, 0.3) is 5.65 Å². The van der Waals surface area contributed by atoms with Gasteiger partial charge in [0.15, 0.2) is 5.65 Å². The van der Waals surface area contributed by atoms with Crippen molar-refractivity contribution < 1.29 is 4.74 Å². The molecule has 2 fully saturated rings. The molecule has 1 aromatic carbocycles. The number of halogens is 1. The Kier molecular flexibility index (Phi) is 7.49. The minimum absolute atomic E-state index is 0.452. The first-order chi connectivity index (χ1) is 16.6. The Morgan fingerprint density at radius 2 is 1.94 bits per heavy atom. The SMILES string of the molecule is Cc1nn2c([C@@H]3CCCN(Cc4ccc(Cl)cc4)C3)ccnc2c1CN[C@@H](C)C1CCOCC1. The lowest BCUT2D eigenvalue weighted by atomic mass is 9.93. The summed E-state index contributed by atoms with van der Waals surface area (Å²) in [5, 5.41) is 9.51. The number of ether oxygens (including phenoxy) is 1. The predicted molar refractivity (Wildman–Crippen MR) is 136 cm³/mol. The van der Waals surface area contributed by atoms with E-state index in [2.05, 4.69) is 46.8 Å². The molecule has 182 valence electrons. The van der Waals surface area contributed by atoms with Gasteiger partial charge in [0.25, 0.3) is 0 Å². The van der Waals surface area contributed by atoms with Crippen LogP contribution in [0.3, 0.4) is 0 Å². The average Bonchev–Trinajstić information content (AvgIpc) is 3.19. The van der Waals surface area contributed by atoms with E-state index in [0.717, 1.165) is 68.6 Å². The Morgan fingerprint density at radius 1 is 1.15 bits per heavy atom. The second-order valence-electron chi connectivity index (χ2n) is 9.99. The number of nitrogens with one attached hydrogen (secondary N) is 1. The van der Waals surface area contributed by atoms with Crippen LogP contribution < -0.4 is 5.32 Å². The molecule has 2 aromatic heterocycles. The lowest BCUT2D eigenvalue weighted by Gasteiger charge is -2.33. The molecule has 2 aliphatic heterocycles. The number of hydrogen-bond acceptors (Lipinski definition) is 5. The van der Waals surface area contributed by atoms with Crippen molar-refractivity contribution in [1.29, 1.82) is 0 Å². The first kappa shape index (κ1) is 23.7. The lowest BCUT2D eigenvalue weighted by Crippen LogP contribution is -2.36. The molecule has 0 bridgehead atoms. The highest BCUT2D eigenvalue weighted by molar-refractivity contribution is 6.30. The van der Waals surface area contributed by atoms with Crippen LogP contribution in [0.4, 0.5) is 0 Å². The molecule has 4 heterocycles. The number of aryl methyl sites for hydroxylation is 1. The van der Waals surface area contributed by atoms with Crippen molar-refractivity contribution in [3.8, 4) is 0 Å². The van der Waals surface area contributed by atoms with E-state index in [1.54, 1.807) is 0 Å². The number of hydrogen-bond donors (Lipinski definition) is 1. The normalized spacial score (nSPS) is 21.2. The van der Waals surface area contributed by atoms with E-state index in [-0.39, 0.29) is 0 Å². The van der Waals surface area contributed by atoms with Crippen LogP contribution in [0.2, 0.25) is 5.02 Å². The topological polar surface area (TPSA) is 54.7 Å². The quantitative estimate of drug-likeness (QED) is 0.516. The van der Waals surface area contributed by atoms with Gasteiger partial charge in [-0.15, -0.1) is 0 Å². The van der Waals surface area contributed by atoms with Crippen LogP contribution in [0, 0.1) is 12.8 Å². The second-order valence-corrected chi connectivity index (χ2v) is 10.4. The van der Waals surface area contributed by atoms with Crippen molar-refractivity contribution in [2.75, 3.05) is 26.3 Å². The third kappa shape index (κ3) is 5.30. The summed E-state index contributed by atoms with van der Waals surface area (Å²) in [6.07, 6.45) is 6.62. The molecular formula is C27H36ClN5O. The van der Waals surface area contributed by atoms with Crippen LogP contribution in [-0.2, 0) is 17.8 Å². The maximum absolute atomic E-state index is 6.07. The van der Waals surface area contributed by atoms with Crippen LogP contribution in [0.15, 0.2) is 36.5 Å². The standard InChI is InChI=1S/C27H36ClN5O/c1-19(22-10-14-34-15-11-22)30-16-25-20(2)31-33-26(9-12-29-27(25)33)23-4-3-13-32(18-23)17-21-5-7-24(28)8-6-21/h5-9,12,19,22-23,30H,3-4,10-11,13-18H2,1-2H3/t19-,23+/m0/s1. The van der Waals surface area contributed by atoms with Gasteiger partial charge in [0.1, 0.15) is 0 Å². The third-order valence-corrected chi connectivity index (χ3v) is 7.91. The summed E-state index contributed by atoms with van der Waals surface area (Å²) in [4.78, 5) is 7.31. The summed E-state index contributed by atoms with van der Waals surface area (Å²) in [5.74, 6) is 1.13. The number of piperidine rings is 1. The highest BCUT2D eigenvalue weighted by Gasteiger charge is 2.26. The van der Waals surface area contributed by atoms with Gasteiger partial charge in [0.2, 0.25) is 0 Å². The fraction of sp³-hybridized carbons (Fsp3) is 0.556. The molecule has 2 atom stereocenters. The molecule has 0 aliphatic carbocycles. The van der Waals surface area contributed by atoms with Crippen molar-refractivity contribution >= 4 is 17.2 Å². The van der Waals surface area contributed by atoms with E-state index in [1.807, 2.05) is 18.3 Å². The molecule has 1 N–H and O–H groups in total. The molecule has 0 unspecified atom stereocenters. The molecular weight excluding hydrogens is 446 g/mol. The van der Waals surface area contributed by atoms with Crippen LogP contribution in [0.5, 0.6) is 0 Å². The predicted octanol–water partition coefficient (Wildman–Crippen LogP) is 4.98. The second kappa shape index (κ2) is 10.7. The monoisotopic (exact) mass is 481 g/mol. The van der Waals surface area contributed by atoms with E-state index in [9.17, 15) is 0 Å². The van der Waals surface area contributed by atoms with Gasteiger partial charge in [-0.25, -0.2) is 9.50 Å². The fourth-order valence-corrected chi connectivity index (χ4v) is 5.69. The zero-order valence-corrected chi connectivity index (χ0v) is 21.1. The molecule has 2 saturated heterocycles. The van der Waals surface area contributed by atoms with Crippen LogP contribution in [-0.4, -0.2) is 51.8 Å². The molecule has 2 aliphatic rings. The average molecular weight is 482 g/mol. The molecule has 7 heteroatoms.